The van der Waals surface area contributed by atoms with Gasteiger partial charge in [-0.25, -0.2) is 8.42 Å². The van der Waals surface area contributed by atoms with Crippen LogP contribution in [0.15, 0.2) is 47.4 Å². The molecule has 166 valence electrons. The molecule has 4 rings (SSSR count). The van der Waals surface area contributed by atoms with Crippen LogP contribution >= 0.6 is 0 Å². The molecule has 0 aromatic heterocycles. The number of benzene rings is 2. The average molecular weight is 443 g/mol. The zero-order valence-electron chi connectivity index (χ0n) is 18.2. The molecule has 0 spiro atoms. The Hall–Kier alpha value is -2.38. The van der Waals surface area contributed by atoms with Crippen LogP contribution in [0, 0.1) is 0 Å². The number of anilines is 1. The summed E-state index contributed by atoms with van der Waals surface area (Å²) in [4.78, 5) is 15.3. The molecule has 31 heavy (non-hydrogen) atoms. The molecule has 0 N–H and O–H groups in total. The normalized spacial score (nSPS) is 17.5. The summed E-state index contributed by atoms with van der Waals surface area (Å²) in [6, 6.07) is 12.2. The molecule has 1 heterocycles. The number of sulfonamides is 1. The quantitative estimate of drug-likeness (QED) is 0.695. The van der Waals surface area contributed by atoms with Crippen LogP contribution in [-0.4, -0.2) is 45.4 Å². The van der Waals surface area contributed by atoms with E-state index in [0.717, 1.165) is 61.9 Å². The van der Waals surface area contributed by atoms with Gasteiger partial charge in [0.15, 0.2) is 0 Å². The molecule has 6 nitrogen and oxygen atoms in total. The largest absolute Gasteiger partial charge is 0.497 e. The van der Waals surface area contributed by atoms with Crippen LogP contribution < -0.4 is 9.64 Å². The van der Waals surface area contributed by atoms with Gasteiger partial charge in [-0.3, -0.25) is 4.79 Å². The van der Waals surface area contributed by atoms with Gasteiger partial charge in [0.05, 0.1) is 12.0 Å². The first-order valence-corrected chi connectivity index (χ1v) is 12.4. The first-order valence-electron chi connectivity index (χ1n) is 11.0. The Labute approximate surface area is 184 Å². The summed E-state index contributed by atoms with van der Waals surface area (Å²) in [6.45, 7) is 0.608. The van der Waals surface area contributed by atoms with E-state index in [2.05, 4.69) is 0 Å². The van der Waals surface area contributed by atoms with E-state index < -0.39 is 10.0 Å². The minimum absolute atomic E-state index is 0.0297. The SMILES string of the molecule is COc1ccc2c(c1)CCCN2C(=O)c1cccc(S(=O)(=O)N(C)C2CCCCC2)c1. The van der Waals surface area contributed by atoms with Crippen molar-refractivity contribution in [3.05, 3.63) is 53.6 Å². The summed E-state index contributed by atoms with van der Waals surface area (Å²) in [5.74, 6) is 0.593. The van der Waals surface area contributed by atoms with Crippen molar-refractivity contribution in [1.82, 2.24) is 4.31 Å². The second-order valence-electron chi connectivity index (χ2n) is 8.40. The smallest absolute Gasteiger partial charge is 0.258 e. The third-order valence-corrected chi connectivity index (χ3v) is 8.40. The monoisotopic (exact) mass is 442 g/mol. The molecule has 0 radical (unpaired) electrons. The van der Waals surface area contributed by atoms with Gasteiger partial charge in [-0.15, -0.1) is 0 Å². The molecule has 1 saturated carbocycles. The van der Waals surface area contributed by atoms with Crippen molar-refractivity contribution in [1.29, 1.82) is 0 Å². The Bertz CT molecular complexity index is 1060. The third-order valence-electron chi connectivity index (χ3n) is 6.50. The van der Waals surface area contributed by atoms with E-state index in [1.807, 2.05) is 18.2 Å². The van der Waals surface area contributed by atoms with E-state index in [4.69, 9.17) is 4.74 Å². The molecule has 0 unspecified atom stereocenters. The minimum atomic E-state index is -3.65. The lowest BCUT2D eigenvalue weighted by Gasteiger charge is -2.31. The van der Waals surface area contributed by atoms with Crippen LogP contribution in [0.3, 0.4) is 0 Å². The van der Waals surface area contributed by atoms with Gasteiger partial charge in [0, 0.05) is 30.9 Å². The molecule has 1 amide bonds. The van der Waals surface area contributed by atoms with E-state index >= 15 is 0 Å². The van der Waals surface area contributed by atoms with Crippen LogP contribution in [0.25, 0.3) is 0 Å². The van der Waals surface area contributed by atoms with Crippen molar-refractivity contribution >= 4 is 21.6 Å². The Morgan fingerprint density at radius 2 is 1.84 bits per heavy atom. The van der Waals surface area contributed by atoms with Crippen LogP contribution in [0.4, 0.5) is 5.69 Å². The van der Waals surface area contributed by atoms with Gasteiger partial charge in [0.25, 0.3) is 5.91 Å². The number of carbonyl (C=O) groups excluding carboxylic acids is 1. The van der Waals surface area contributed by atoms with Crippen LogP contribution in [0.1, 0.15) is 54.4 Å². The number of carbonyl (C=O) groups is 1. The lowest BCUT2D eigenvalue weighted by atomic mass is 9.96. The van der Waals surface area contributed by atoms with Crippen LogP contribution in [0.2, 0.25) is 0 Å². The summed E-state index contributed by atoms with van der Waals surface area (Å²) in [5.41, 5.74) is 2.33. The fraction of sp³-hybridized carbons (Fsp3) is 0.458. The summed E-state index contributed by atoms with van der Waals surface area (Å²) in [5, 5.41) is 0. The molecule has 2 aromatic carbocycles. The predicted molar refractivity (Wildman–Crippen MR) is 121 cm³/mol. The first kappa shape index (κ1) is 21.8. The van der Waals surface area contributed by atoms with Gasteiger partial charge in [-0.2, -0.15) is 4.31 Å². The highest BCUT2D eigenvalue weighted by atomic mass is 32.2. The maximum absolute atomic E-state index is 13.4. The van der Waals surface area contributed by atoms with Crippen molar-refractivity contribution < 1.29 is 17.9 Å². The summed E-state index contributed by atoms with van der Waals surface area (Å²) in [6.07, 6.45) is 6.80. The topological polar surface area (TPSA) is 66.9 Å². The fourth-order valence-corrected chi connectivity index (χ4v) is 6.13. The summed E-state index contributed by atoms with van der Waals surface area (Å²) in [7, 11) is -0.359. The van der Waals surface area contributed by atoms with E-state index in [-0.39, 0.29) is 16.8 Å². The van der Waals surface area contributed by atoms with E-state index in [1.165, 1.54) is 10.4 Å². The summed E-state index contributed by atoms with van der Waals surface area (Å²) >= 11 is 0. The van der Waals surface area contributed by atoms with Gasteiger partial charge in [0.2, 0.25) is 10.0 Å². The van der Waals surface area contributed by atoms with Gasteiger partial charge < -0.3 is 9.64 Å². The van der Waals surface area contributed by atoms with E-state index in [0.29, 0.717) is 12.1 Å². The standard InChI is InChI=1S/C24H30N2O4S/c1-25(20-10-4-3-5-11-20)31(28,29)22-12-6-8-19(17-22)24(27)26-15-7-9-18-16-21(30-2)13-14-23(18)26/h6,8,12-14,16-17,20H,3-5,7,9-11,15H2,1-2H3. The first-order chi connectivity index (χ1) is 14.9. The Balaban J connectivity index is 1.61. The van der Waals surface area contributed by atoms with Crippen LogP contribution in [0.5, 0.6) is 5.75 Å². The fourth-order valence-electron chi connectivity index (χ4n) is 4.66. The molecule has 0 bridgehead atoms. The molecule has 0 atom stereocenters. The maximum Gasteiger partial charge on any atom is 0.258 e. The van der Waals surface area contributed by atoms with Gasteiger partial charge in [0.1, 0.15) is 5.75 Å². The van der Waals surface area contributed by atoms with Gasteiger partial charge >= 0.3 is 0 Å². The second-order valence-corrected chi connectivity index (χ2v) is 10.4. The number of hydrogen-bond acceptors (Lipinski definition) is 4. The number of hydrogen-bond donors (Lipinski definition) is 0. The highest BCUT2D eigenvalue weighted by Crippen LogP contribution is 2.32. The number of methoxy groups -OCH3 is 1. The number of amides is 1. The molecule has 2 aromatic rings. The molecular weight excluding hydrogens is 412 g/mol. The number of fused-ring (bicyclic) bond motifs is 1. The van der Waals surface area contributed by atoms with Gasteiger partial charge in [-0.05, 0) is 67.6 Å². The lowest BCUT2D eigenvalue weighted by molar-refractivity contribution is 0.0985. The molecule has 7 heteroatoms. The third kappa shape index (κ3) is 4.34. The predicted octanol–water partition coefficient (Wildman–Crippen LogP) is 4.24. The molecule has 1 aliphatic heterocycles. The van der Waals surface area contributed by atoms with Gasteiger partial charge in [-0.1, -0.05) is 25.3 Å². The second kappa shape index (κ2) is 9.01. The highest BCUT2D eigenvalue weighted by molar-refractivity contribution is 7.89. The van der Waals surface area contributed by atoms with E-state index in [1.54, 1.807) is 37.3 Å². The highest BCUT2D eigenvalue weighted by Gasteiger charge is 2.30. The van der Waals surface area contributed by atoms with Crippen LogP contribution in [-0.2, 0) is 16.4 Å². The zero-order chi connectivity index (χ0) is 22.0. The van der Waals surface area contributed by atoms with Crippen molar-refractivity contribution in [3.8, 4) is 5.75 Å². The Kier molecular flexibility index (Phi) is 6.34. The molecule has 1 fully saturated rings. The van der Waals surface area contributed by atoms with Crippen molar-refractivity contribution in [2.45, 2.75) is 55.9 Å². The number of aryl methyl sites for hydroxylation is 1. The van der Waals surface area contributed by atoms with Crippen molar-refractivity contribution in [2.24, 2.45) is 0 Å². The lowest BCUT2D eigenvalue weighted by Crippen LogP contribution is -2.38. The Morgan fingerprint density at radius 1 is 1.06 bits per heavy atom. The summed E-state index contributed by atoms with van der Waals surface area (Å²) < 4.78 is 33.3. The molecule has 1 aliphatic carbocycles. The maximum atomic E-state index is 13.4. The van der Waals surface area contributed by atoms with Crippen molar-refractivity contribution in [2.75, 3.05) is 25.6 Å². The minimum Gasteiger partial charge on any atom is -0.497 e. The average Bonchev–Trinajstić information content (AvgIpc) is 2.82. The molecule has 2 aliphatic rings. The van der Waals surface area contributed by atoms with Crippen molar-refractivity contribution in [3.63, 3.8) is 0 Å². The van der Waals surface area contributed by atoms with E-state index in [9.17, 15) is 13.2 Å². The number of nitrogens with zero attached hydrogens (tertiary/aromatic N) is 2. The Morgan fingerprint density at radius 3 is 2.58 bits per heavy atom. The zero-order valence-corrected chi connectivity index (χ0v) is 19.0. The molecule has 0 saturated heterocycles. The number of ether oxygens (including phenoxy) is 1. The molecular formula is C24H30N2O4S. The number of rotatable bonds is 5.